The van der Waals surface area contributed by atoms with Crippen molar-refractivity contribution in [2.45, 2.75) is 25.1 Å². The van der Waals surface area contributed by atoms with Gasteiger partial charge in [0, 0.05) is 31.7 Å². The van der Waals surface area contributed by atoms with Gasteiger partial charge >= 0.3 is 11.9 Å². The molecule has 0 amide bonds. The van der Waals surface area contributed by atoms with Crippen LogP contribution in [0.25, 0.3) is 11.2 Å². The number of alkyl halides is 3. The highest BCUT2D eigenvalue weighted by Crippen LogP contribution is 2.34. The fourth-order valence-electron chi connectivity index (χ4n) is 3.66. The van der Waals surface area contributed by atoms with Crippen LogP contribution < -0.4 is 5.76 Å². The molecule has 0 N–H and O–H groups in total. The second kappa shape index (κ2) is 7.05. The first-order valence-corrected chi connectivity index (χ1v) is 8.86. The molecule has 0 aliphatic carbocycles. The van der Waals surface area contributed by atoms with Crippen LogP contribution in [-0.4, -0.2) is 34.1 Å². The lowest BCUT2D eigenvalue weighted by Crippen LogP contribution is -2.28. The first kappa shape index (κ1) is 18.7. The van der Waals surface area contributed by atoms with Gasteiger partial charge in [-0.1, -0.05) is 6.07 Å². The third-order valence-electron chi connectivity index (χ3n) is 5.10. The molecule has 1 unspecified atom stereocenters. The largest absolute Gasteiger partial charge is 0.421 e. The summed E-state index contributed by atoms with van der Waals surface area (Å²) in [6.07, 6.45) is -2.34. The lowest BCUT2D eigenvalue weighted by atomic mass is 9.96. The van der Waals surface area contributed by atoms with Gasteiger partial charge in [-0.05, 0) is 42.8 Å². The summed E-state index contributed by atoms with van der Waals surface area (Å²) in [5.74, 6) is -1.50. The second-order valence-electron chi connectivity index (χ2n) is 6.87. The zero-order valence-electron chi connectivity index (χ0n) is 14.7. The van der Waals surface area contributed by atoms with E-state index >= 15 is 0 Å². The number of nitrogens with zero attached hydrogens (tertiary/aromatic N) is 3. The van der Waals surface area contributed by atoms with Crippen molar-refractivity contribution in [2.24, 2.45) is 0 Å². The number of benzene rings is 1. The van der Waals surface area contributed by atoms with Crippen LogP contribution in [0.5, 0.6) is 0 Å². The average molecular weight is 395 g/mol. The van der Waals surface area contributed by atoms with Gasteiger partial charge in [-0.2, -0.15) is 13.2 Å². The van der Waals surface area contributed by atoms with Crippen LogP contribution in [-0.2, 0) is 12.7 Å². The Kier molecular flexibility index (Phi) is 4.70. The lowest BCUT2D eigenvalue weighted by molar-refractivity contribution is -0.137. The van der Waals surface area contributed by atoms with Gasteiger partial charge < -0.3 is 9.32 Å². The number of rotatable bonds is 4. The van der Waals surface area contributed by atoms with Crippen molar-refractivity contribution < 1.29 is 22.0 Å². The molecular formula is C19H17F4N3O2. The van der Waals surface area contributed by atoms with Crippen LogP contribution in [0.3, 0.4) is 0 Å². The Morgan fingerprint density at radius 1 is 1.21 bits per heavy atom. The second-order valence-corrected chi connectivity index (χ2v) is 6.87. The molecule has 148 valence electrons. The molecule has 0 bridgehead atoms. The van der Waals surface area contributed by atoms with Gasteiger partial charge in [0.25, 0.3) is 0 Å². The highest BCUT2D eigenvalue weighted by Gasteiger charge is 2.33. The third kappa shape index (κ3) is 3.54. The van der Waals surface area contributed by atoms with E-state index in [1.165, 1.54) is 10.6 Å². The number of oxazole rings is 1. The van der Waals surface area contributed by atoms with Crippen LogP contribution in [0.15, 0.2) is 45.7 Å². The number of halogens is 4. The molecule has 5 nitrogen and oxygen atoms in total. The molecule has 0 saturated carbocycles. The topological polar surface area (TPSA) is 51.3 Å². The Morgan fingerprint density at radius 3 is 2.79 bits per heavy atom. The van der Waals surface area contributed by atoms with Gasteiger partial charge in [0.15, 0.2) is 11.2 Å². The van der Waals surface area contributed by atoms with Crippen LogP contribution in [0, 0.1) is 5.82 Å². The Hall–Kier alpha value is -2.68. The molecule has 3 aromatic rings. The summed E-state index contributed by atoms with van der Waals surface area (Å²) >= 11 is 0. The van der Waals surface area contributed by atoms with Crippen molar-refractivity contribution in [1.29, 1.82) is 0 Å². The Morgan fingerprint density at radius 2 is 2.04 bits per heavy atom. The normalized spacial score (nSPS) is 18.2. The molecule has 3 heterocycles. The molecule has 1 aromatic carbocycles. The maximum absolute atomic E-state index is 14.2. The zero-order valence-corrected chi connectivity index (χ0v) is 14.7. The first-order valence-electron chi connectivity index (χ1n) is 8.86. The van der Waals surface area contributed by atoms with Crippen molar-refractivity contribution in [3.8, 4) is 0 Å². The predicted molar refractivity (Wildman–Crippen MR) is 93.5 cm³/mol. The quantitative estimate of drug-likeness (QED) is 0.633. The Labute approximate surface area is 157 Å². The minimum Gasteiger partial charge on any atom is -0.406 e. The summed E-state index contributed by atoms with van der Waals surface area (Å²) in [5, 5.41) is 0. The number of pyridine rings is 1. The Bertz CT molecular complexity index is 1060. The maximum Gasteiger partial charge on any atom is 0.421 e. The highest BCUT2D eigenvalue weighted by atomic mass is 19.4. The summed E-state index contributed by atoms with van der Waals surface area (Å²) in [5.41, 5.74) is 0.195. The molecule has 0 radical (unpaired) electrons. The standard InChI is InChI=1S/C19H17F4N3O2/c20-15-10-13(19(21,22)23)3-4-14(15)12-5-7-25(11-12)8-9-26-17-16(28-18(26)27)2-1-6-24-17/h1-4,6,10,12H,5,7-9,11H2. The van der Waals surface area contributed by atoms with Crippen molar-refractivity contribution >= 4 is 11.2 Å². The van der Waals surface area contributed by atoms with Gasteiger partial charge in [-0.3, -0.25) is 4.57 Å². The monoisotopic (exact) mass is 395 g/mol. The van der Waals surface area contributed by atoms with Gasteiger partial charge in [-0.15, -0.1) is 0 Å². The van der Waals surface area contributed by atoms with E-state index in [1.54, 1.807) is 18.3 Å². The minimum absolute atomic E-state index is 0.182. The SMILES string of the molecule is O=c1oc2cccnc2n1CCN1CCC(c2ccc(C(F)(F)F)cc2F)C1. The molecule has 4 rings (SSSR count). The molecule has 9 heteroatoms. The van der Waals surface area contributed by atoms with Crippen molar-refractivity contribution in [1.82, 2.24) is 14.5 Å². The first-order chi connectivity index (χ1) is 13.3. The molecule has 28 heavy (non-hydrogen) atoms. The average Bonchev–Trinajstić information content (AvgIpc) is 3.23. The number of fused-ring (bicyclic) bond motifs is 1. The van der Waals surface area contributed by atoms with Gasteiger partial charge in [0.2, 0.25) is 0 Å². The van der Waals surface area contributed by atoms with E-state index in [4.69, 9.17) is 4.42 Å². The van der Waals surface area contributed by atoms with E-state index in [0.717, 1.165) is 6.07 Å². The summed E-state index contributed by atoms with van der Waals surface area (Å²) in [6, 6.07) is 6.05. The Balaban J connectivity index is 1.43. The van der Waals surface area contributed by atoms with Crippen molar-refractivity contribution in [3.63, 3.8) is 0 Å². The van der Waals surface area contributed by atoms with E-state index < -0.39 is 23.3 Å². The summed E-state index contributed by atoms with van der Waals surface area (Å²) < 4.78 is 58.9. The molecule has 0 spiro atoms. The predicted octanol–water partition coefficient (Wildman–Crippen LogP) is 3.64. The fraction of sp³-hybridized carbons (Fsp3) is 0.368. The molecule has 2 aromatic heterocycles. The molecule has 1 aliphatic heterocycles. The molecule has 1 aliphatic rings. The van der Waals surface area contributed by atoms with Crippen LogP contribution in [0.4, 0.5) is 17.6 Å². The number of aromatic nitrogens is 2. The van der Waals surface area contributed by atoms with Gasteiger partial charge in [-0.25, -0.2) is 14.2 Å². The van der Waals surface area contributed by atoms with E-state index in [9.17, 15) is 22.4 Å². The highest BCUT2D eigenvalue weighted by molar-refractivity contribution is 5.67. The third-order valence-corrected chi connectivity index (χ3v) is 5.10. The maximum atomic E-state index is 14.2. The van der Waals surface area contributed by atoms with E-state index in [1.807, 2.05) is 0 Å². The molecule has 1 fully saturated rings. The molecule has 1 atom stereocenters. The van der Waals surface area contributed by atoms with Crippen molar-refractivity contribution in [3.05, 3.63) is 64.0 Å². The lowest BCUT2D eigenvalue weighted by Gasteiger charge is -2.17. The summed E-state index contributed by atoms with van der Waals surface area (Å²) in [4.78, 5) is 18.2. The zero-order chi connectivity index (χ0) is 19.9. The summed E-state index contributed by atoms with van der Waals surface area (Å²) in [6.45, 7) is 2.08. The van der Waals surface area contributed by atoms with E-state index in [0.29, 0.717) is 55.5 Å². The molecule has 1 saturated heterocycles. The van der Waals surface area contributed by atoms with E-state index in [2.05, 4.69) is 9.88 Å². The fourth-order valence-corrected chi connectivity index (χ4v) is 3.66. The molecular weight excluding hydrogens is 378 g/mol. The van der Waals surface area contributed by atoms with Crippen molar-refractivity contribution in [2.75, 3.05) is 19.6 Å². The van der Waals surface area contributed by atoms with Gasteiger partial charge in [0.1, 0.15) is 5.82 Å². The number of likely N-dealkylation sites (tertiary alicyclic amines) is 1. The van der Waals surface area contributed by atoms with E-state index in [-0.39, 0.29) is 5.92 Å². The number of hydrogen-bond donors (Lipinski definition) is 0. The smallest absolute Gasteiger partial charge is 0.406 e. The summed E-state index contributed by atoms with van der Waals surface area (Å²) in [7, 11) is 0. The number of hydrogen-bond acceptors (Lipinski definition) is 4. The van der Waals surface area contributed by atoms with Crippen LogP contribution >= 0.6 is 0 Å². The van der Waals surface area contributed by atoms with Crippen LogP contribution in [0.2, 0.25) is 0 Å². The minimum atomic E-state index is -4.56. The van der Waals surface area contributed by atoms with Gasteiger partial charge in [0.05, 0.1) is 5.56 Å². The van der Waals surface area contributed by atoms with Crippen LogP contribution in [0.1, 0.15) is 23.5 Å².